The van der Waals surface area contributed by atoms with Gasteiger partial charge < -0.3 is 4.74 Å². The maximum absolute atomic E-state index is 13.7. The Balaban J connectivity index is 1.79. The molecule has 0 aliphatic heterocycles. The number of nitrogens with zero attached hydrogens (tertiary/aromatic N) is 2. The molecule has 0 atom stereocenters. The lowest BCUT2D eigenvalue weighted by Gasteiger charge is -2.03. The number of rotatable bonds is 3. The van der Waals surface area contributed by atoms with Crippen molar-refractivity contribution < 1.29 is 13.9 Å². The highest BCUT2D eigenvalue weighted by atomic mass is 79.9. The summed E-state index contributed by atoms with van der Waals surface area (Å²) in [6.45, 7) is 0. The maximum Gasteiger partial charge on any atom is 0.347 e. The molecule has 4 nitrogen and oxygen atoms in total. The van der Waals surface area contributed by atoms with E-state index >= 15 is 0 Å². The van der Waals surface area contributed by atoms with Crippen LogP contribution in [-0.2, 0) is 0 Å². The molecule has 0 N–H and O–H groups in total. The first-order valence-corrected chi connectivity index (χ1v) is 7.21. The normalized spacial score (nSPS) is 10.5. The number of benzene rings is 2. The Morgan fingerprint density at radius 2 is 1.91 bits per heavy atom. The van der Waals surface area contributed by atoms with E-state index in [1.54, 1.807) is 23.0 Å². The molecule has 22 heavy (non-hydrogen) atoms. The topological polar surface area (TPSA) is 44.1 Å². The fourth-order valence-corrected chi connectivity index (χ4v) is 2.22. The van der Waals surface area contributed by atoms with E-state index in [-0.39, 0.29) is 11.4 Å². The second kappa shape index (κ2) is 6.11. The number of halogens is 2. The van der Waals surface area contributed by atoms with Gasteiger partial charge in [0.1, 0.15) is 5.82 Å². The van der Waals surface area contributed by atoms with Crippen molar-refractivity contribution in [1.29, 1.82) is 0 Å². The minimum absolute atomic E-state index is 0.108. The van der Waals surface area contributed by atoms with E-state index in [1.807, 2.05) is 30.3 Å². The van der Waals surface area contributed by atoms with Gasteiger partial charge in [0, 0.05) is 16.7 Å². The zero-order chi connectivity index (χ0) is 15.5. The van der Waals surface area contributed by atoms with Crippen molar-refractivity contribution in [2.75, 3.05) is 0 Å². The zero-order valence-corrected chi connectivity index (χ0v) is 12.8. The minimum Gasteiger partial charge on any atom is -0.402 e. The molecule has 0 aliphatic carbocycles. The Kier molecular flexibility index (Phi) is 4.02. The highest BCUT2D eigenvalue weighted by molar-refractivity contribution is 9.10. The molecule has 0 bridgehead atoms. The number of esters is 1. The van der Waals surface area contributed by atoms with E-state index < -0.39 is 11.8 Å². The summed E-state index contributed by atoms with van der Waals surface area (Å²) < 4.78 is 20.9. The van der Waals surface area contributed by atoms with Gasteiger partial charge in [0.15, 0.2) is 0 Å². The molecule has 3 aromatic rings. The van der Waals surface area contributed by atoms with E-state index in [4.69, 9.17) is 4.74 Å². The molecule has 110 valence electrons. The van der Waals surface area contributed by atoms with Gasteiger partial charge in [-0.05, 0) is 30.3 Å². The average Bonchev–Trinajstić information content (AvgIpc) is 2.96. The molecule has 0 unspecified atom stereocenters. The molecule has 3 rings (SSSR count). The van der Waals surface area contributed by atoms with Crippen LogP contribution in [0.3, 0.4) is 0 Å². The van der Waals surface area contributed by atoms with Crippen LogP contribution in [-0.4, -0.2) is 15.7 Å². The molecule has 6 heteroatoms. The number of hydrogen-bond donors (Lipinski definition) is 0. The number of ether oxygens (including phenoxy) is 1. The first kappa shape index (κ1) is 14.5. The monoisotopic (exact) mass is 360 g/mol. The number of para-hydroxylation sites is 1. The Bertz CT molecular complexity index is 818. The highest BCUT2D eigenvalue weighted by Gasteiger charge is 2.15. The van der Waals surface area contributed by atoms with E-state index in [0.717, 1.165) is 5.69 Å². The summed E-state index contributed by atoms with van der Waals surface area (Å²) in [6.07, 6.45) is 1.66. The Hall–Kier alpha value is -2.47. The van der Waals surface area contributed by atoms with Gasteiger partial charge in [0.05, 0.1) is 11.3 Å². The van der Waals surface area contributed by atoms with Gasteiger partial charge in [-0.3, -0.25) is 0 Å². The third-order valence-electron chi connectivity index (χ3n) is 2.93. The summed E-state index contributed by atoms with van der Waals surface area (Å²) in [5.74, 6) is -1.33. The Morgan fingerprint density at radius 3 is 2.64 bits per heavy atom. The van der Waals surface area contributed by atoms with Gasteiger partial charge in [-0.2, -0.15) is 0 Å². The van der Waals surface area contributed by atoms with Crippen LogP contribution >= 0.6 is 15.9 Å². The lowest BCUT2D eigenvalue weighted by atomic mass is 10.2. The lowest BCUT2D eigenvalue weighted by molar-refractivity contribution is 0.0722. The standard InChI is InChI=1S/C16H10BrFN2O2/c17-11-6-7-13(14(18)10-11)16(21)22-15-8-9-20(19-15)12-4-2-1-3-5-12/h1-10H. The maximum atomic E-state index is 13.7. The van der Waals surface area contributed by atoms with Gasteiger partial charge in [0.25, 0.3) is 0 Å². The predicted molar refractivity (Wildman–Crippen MR) is 82.6 cm³/mol. The van der Waals surface area contributed by atoms with Gasteiger partial charge >= 0.3 is 5.97 Å². The van der Waals surface area contributed by atoms with Crippen LogP contribution in [0, 0.1) is 5.82 Å². The van der Waals surface area contributed by atoms with Crippen LogP contribution < -0.4 is 4.74 Å². The number of aromatic nitrogens is 2. The molecule has 0 saturated carbocycles. The molecule has 0 fully saturated rings. The second-order valence-electron chi connectivity index (χ2n) is 4.45. The quantitative estimate of drug-likeness (QED) is 0.663. The van der Waals surface area contributed by atoms with Crippen LogP contribution in [0.5, 0.6) is 5.88 Å². The summed E-state index contributed by atoms with van der Waals surface area (Å²) in [4.78, 5) is 12.0. The molecule has 0 radical (unpaired) electrons. The molecule has 2 aromatic carbocycles. The smallest absolute Gasteiger partial charge is 0.347 e. The molecule has 0 spiro atoms. The van der Waals surface area contributed by atoms with Crippen molar-refractivity contribution in [2.24, 2.45) is 0 Å². The zero-order valence-electron chi connectivity index (χ0n) is 11.2. The van der Waals surface area contributed by atoms with Crippen molar-refractivity contribution >= 4 is 21.9 Å². The fourth-order valence-electron chi connectivity index (χ4n) is 1.89. The summed E-state index contributed by atoms with van der Waals surface area (Å²) in [7, 11) is 0. The van der Waals surface area contributed by atoms with E-state index in [1.165, 1.54) is 12.1 Å². The van der Waals surface area contributed by atoms with Crippen molar-refractivity contribution in [3.8, 4) is 11.6 Å². The first-order chi connectivity index (χ1) is 10.6. The van der Waals surface area contributed by atoms with E-state index in [9.17, 15) is 9.18 Å². The largest absolute Gasteiger partial charge is 0.402 e. The minimum atomic E-state index is -0.789. The molecule has 1 heterocycles. The summed E-state index contributed by atoms with van der Waals surface area (Å²) in [5.41, 5.74) is 0.692. The third kappa shape index (κ3) is 3.07. The summed E-state index contributed by atoms with van der Waals surface area (Å²) >= 11 is 3.13. The first-order valence-electron chi connectivity index (χ1n) is 6.42. The van der Waals surface area contributed by atoms with Crippen molar-refractivity contribution in [3.05, 3.63) is 76.6 Å². The average molecular weight is 361 g/mol. The van der Waals surface area contributed by atoms with E-state index in [0.29, 0.717) is 4.47 Å². The van der Waals surface area contributed by atoms with Gasteiger partial charge in [-0.15, -0.1) is 5.10 Å². The highest BCUT2D eigenvalue weighted by Crippen LogP contribution is 2.18. The molecule has 1 aromatic heterocycles. The molecular weight excluding hydrogens is 351 g/mol. The van der Waals surface area contributed by atoms with Crippen molar-refractivity contribution in [2.45, 2.75) is 0 Å². The van der Waals surface area contributed by atoms with Crippen LogP contribution in [0.25, 0.3) is 5.69 Å². The van der Waals surface area contributed by atoms with Gasteiger partial charge in [-0.1, -0.05) is 34.1 Å². The SMILES string of the molecule is O=C(Oc1ccn(-c2ccccc2)n1)c1ccc(Br)cc1F. The molecule has 0 aliphatic rings. The van der Waals surface area contributed by atoms with Crippen LogP contribution in [0.4, 0.5) is 4.39 Å². The van der Waals surface area contributed by atoms with Crippen molar-refractivity contribution in [3.63, 3.8) is 0 Å². The number of carbonyl (C=O) groups excluding carboxylic acids is 1. The van der Waals surface area contributed by atoms with Gasteiger partial charge in [-0.25, -0.2) is 13.9 Å². The van der Waals surface area contributed by atoms with Crippen LogP contribution in [0.1, 0.15) is 10.4 Å². The fraction of sp³-hybridized carbons (Fsp3) is 0. The lowest BCUT2D eigenvalue weighted by Crippen LogP contribution is -2.11. The van der Waals surface area contributed by atoms with Crippen LogP contribution in [0.15, 0.2) is 65.3 Å². The Morgan fingerprint density at radius 1 is 1.14 bits per heavy atom. The van der Waals surface area contributed by atoms with E-state index in [2.05, 4.69) is 21.0 Å². The molecule has 0 amide bonds. The molecular formula is C16H10BrFN2O2. The summed E-state index contributed by atoms with van der Waals surface area (Å²) in [5, 5.41) is 4.14. The molecule has 0 saturated heterocycles. The van der Waals surface area contributed by atoms with Crippen LogP contribution in [0.2, 0.25) is 0 Å². The summed E-state index contributed by atoms with van der Waals surface area (Å²) in [6, 6.07) is 15.1. The Labute approximate surface area is 134 Å². The number of hydrogen-bond acceptors (Lipinski definition) is 3. The third-order valence-corrected chi connectivity index (χ3v) is 3.43. The second-order valence-corrected chi connectivity index (χ2v) is 5.36. The van der Waals surface area contributed by atoms with Gasteiger partial charge in [0.2, 0.25) is 5.88 Å². The predicted octanol–water partition coefficient (Wildman–Crippen LogP) is 3.99. The number of carbonyl (C=O) groups is 1. The van der Waals surface area contributed by atoms with Crippen molar-refractivity contribution in [1.82, 2.24) is 9.78 Å².